The summed E-state index contributed by atoms with van der Waals surface area (Å²) in [5.41, 5.74) is 0.117. The first-order valence-corrected chi connectivity index (χ1v) is 9.36. The minimum absolute atomic E-state index is 0.117. The van der Waals surface area contributed by atoms with Gasteiger partial charge in [-0.3, -0.25) is 19.6 Å². The highest BCUT2D eigenvalue weighted by Gasteiger charge is 2.42. The number of piperidine rings is 1. The molecule has 0 aromatic rings. The average Bonchev–Trinajstić information content (AvgIpc) is 2.96. The first-order valence-electron chi connectivity index (χ1n) is 9.36. The highest BCUT2D eigenvalue weighted by molar-refractivity contribution is 5.81. The Balaban J connectivity index is 1.34. The van der Waals surface area contributed by atoms with Crippen molar-refractivity contribution >= 4 is 11.9 Å². The largest absolute Gasteiger partial charge is 0.355 e. The number of guanidine groups is 1. The lowest BCUT2D eigenvalue weighted by molar-refractivity contribution is -0.119. The summed E-state index contributed by atoms with van der Waals surface area (Å²) in [5.74, 6) is 1.21. The predicted octanol–water partition coefficient (Wildman–Crippen LogP) is -0.836. The number of nitrogens with one attached hydrogen (secondary N) is 2. The Kier molecular flexibility index (Phi) is 4.39. The first-order chi connectivity index (χ1) is 11.7. The summed E-state index contributed by atoms with van der Waals surface area (Å²) in [6, 6.07) is 0.595. The highest BCUT2D eigenvalue weighted by atomic mass is 16.1. The molecule has 5 saturated heterocycles. The Bertz CT molecular complexity index is 515. The first kappa shape index (κ1) is 16.1. The number of fused-ring (bicyclic) bond motifs is 3. The Hall–Kier alpha value is -1.34. The molecule has 0 saturated carbocycles. The molecule has 0 radical (unpaired) electrons. The van der Waals surface area contributed by atoms with Crippen molar-refractivity contribution in [1.82, 2.24) is 25.3 Å². The van der Waals surface area contributed by atoms with Crippen molar-refractivity contribution in [3.8, 4) is 0 Å². The molecule has 7 nitrogen and oxygen atoms in total. The Labute approximate surface area is 144 Å². The molecule has 0 aromatic heterocycles. The van der Waals surface area contributed by atoms with Crippen LogP contribution in [0.2, 0.25) is 0 Å². The molecule has 2 N–H and O–H groups in total. The van der Waals surface area contributed by atoms with Gasteiger partial charge in [-0.1, -0.05) is 0 Å². The lowest BCUT2D eigenvalue weighted by Gasteiger charge is -2.48. The third-order valence-corrected chi connectivity index (χ3v) is 6.26. The standard InChI is InChI=1S/C17H30N6O/c1-18-16(19-10-14-11-21-5-7-22(14)8-6-21)23-4-2-3-17(13-23)9-15(24)20-12-17/h14H,2-13H2,1H3,(H,18,19)(H,20,24). The van der Waals surface area contributed by atoms with E-state index in [0.29, 0.717) is 12.5 Å². The zero-order chi connectivity index (χ0) is 16.6. The molecule has 2 bridgehead atoms. The number of hydrogen-bond donors (Lipinski definition) is 2. The molecule has 5 rings (SSSR count). The number of aliphatic imine (C=N–C) groups is 1. The number of nitrogens with zero attached hydrogens (tertiary/aromatic N) is 4. The van der Waals surface area contributed by atoms with E-state index in [4.69, 9.17) is 0 Å². The summed E-state index contributed by atoms with van der Waals surface area (Å²) >= 11 is 0. The molecule has 5 heterocycles. The normalized spacial score (nSPS) is 39.4. The van der Waals surface area contributed by atoms with Crippen LogP contribution in [-0.4, -0.2) is 98.6 Å². The number of carbonyl (C=O) groups is 1. The summed E-state index contributed by atoms with van der Waals surface area (Å²) < 4.78 is 0. The molecule has 0 aliphatic carbocycles. The number of piperazine rings is 3. The SMILES string of the molecule is CN=C(NCC1CN2CCN1CC2)N1CCCC2(CNC(=O)C2)C1. The van der Waals surface area contributed by atoms with Gasteiger partial charge in [-0.2, -0.15) is 0 Å². The second-order valence-electron chi connectivity index (χ2n) is 7.90. The summed E-state index contributed by atoms with van der Waals surface area (Å²) in [4.78, 5) is 23.7. The van der Waals surface area contributed by atoms with Crippen LogP contribution in [0, 0.1) is 5.41 Å². The van der Waals surface area contributed by atoms with E-state index in [2.05, 4.69) is 30.3 Å². The molecule has 24 heavy (non-hydrogen) atoms. The van der Waals surface area contributed by atoms with Gasteiger partial charge >= 0.3 is 0 Å². The van der Waals surface area contributed by atoms with Crippen LogP contribution < -0.4 is 10.6 Å². The van der Waals surface area contributed by atoms with E-state index in [1.807, 2.05) is 7.05 Å². The van der Waals surface area contributed by atoms with Gasteiger partial charge < -0.3 is 15.5 Å². The smallest absolute Gasteiger partial charge is 0.220 e. The van der Waals surface area contributed by atoms with Gasteiger partial charge in [0.25, 0.3) is 0 Å². The lowest BCUT2D eigenvalue weighted by atomic mass is 9.79. The molecule has 1 spiro atoms. The number of hydrogen-bond acceptors (Lipinski definition) is 4. The van der Waals surface area contributed by atoms with Crippen LogP contribution >= 0.6 is 0 Å². The monoisotopic (exact) mass is 334 g/mol. The van der Waals surface area contributed by atoms with Gasteiger partial charge in [0.2, 0.25) is 5.91 Å². The van der Waals surface area contributed by atoms with Crippen LogP contribution in [0.4, 0.5) is 0 Å². The summed E-state index contributed by atoms with van der Waals surface area (Å²) in [6.45, 7) is 9.78. The molecule has 0 aromatic carbocycles. The van der Waals surface area contributed by atoms with Crippen LogP contribution in [0.15, 0.2) is 4.99 Å². The van der Waals surface area contributed by atoms with Crippen molar-refractivity contribution in [2.24, 2.45) is 10.4 Å². The molecule has 2 unspecified atom stereocenters. The van der Waals surface area contributed by atoms with Gasteiger partial charge in [-0.25, -0.2) is 0 Å². The van der Waals surface area contributed by atoms with Crippen molar-refractivity contribution in [3.05, 3.63) is 0 Å². The Morgan fingerprint density at radius 2 is 2.17 bits per heavy atom. The second-order valence-corrected chi connectivity index (χ2v) is 7.90. The van der Waals surface area contributed by atoms with Crippen molar-refractivity contribution in [2.75, 3.05) is 66.0 Å². The lowest BCUT2D eigenvalue weighted by Crippen LogP contribution is -2.64. The minimum atomic E-state index is 0.117. The fourth-order valence-corrected chi connectivity index (χ4v) is 4.89. The van der Waals surface area contributed by atoms with Crippen LogP contribution in [-0.2, 0) is 4.79 Å². The van der Waals surface area contributed by atoms with Gasteiger partial charge in [-0.15, -0.1) is 0 Å². The van der Waals surface area contributed by atoms with E-state index in [0.717, 1.165) is 45.0 Å². The maximum absolute atomic E-state index is 11.7. The Morgan fingerprint density at radius 3 is 2.79 bits per heavy atom. The number of rotatable bonds is 2. The fraction of sp³-hybridized carbons (Fsp3) is 0.882. The minimum Gasteiger partial charge on any atom is -0.355 e. The van der Waals surface area contributed by atoms with Crippen LogP contribution in [0.5, 0.6) is 0 Å². The average molecular weight is 334 g/mol. The van der Waals surface area contributed by atoms with Crippen LogP contribution in [0.3, 0.4) is 0 Å². The van der Waals surface area contributed by atoms with Crippen molar-refractivity contribution in [1.29, 1.82) is 0 Å². The van der Waals surface area contributed by atoms with E-state index >= 15 is 0 Å². The Morgan fingerprint density at radius 1 is 1.33 bits per heavy atom. The summed E-state index contributed by atoms with van der Waals surface area (Å²) in [5, 5.41) is 6.63. The molecular formula is C17H30N6O. The fourth-order valence-electron chi connectivity index (χ4n) is 4.89. The van der Waals surface area contributed by atoms with Crippen molar-refractivity contribution in [3.63, 3.8) is 0 Å². The third kappa shape index (κ3) is 3.11. The predicted molar refractivity (Wildman–Crippen MR) is 94.0 cm³/mol. The molecule has 134 valence electrons. The highest BCUT2D eigenvalue weighted by Crippen LogP contribution is 2.36. The second kappa shape index (κ2) is 6.52. The number of likely N-dealkylation sites (tertiary alicyclic amines) is 1. The molecule has 1 amide bonds. The number of amides is 1. The third-order valence-electron chi connectivity index (χ3n) is 6.26. The quantitative estimate of drug-likeness (QED) is 0.510. The van der Waals surface area contributed by atoms with Crippen molar-refractivity contribution < 1.29 is 4.79 Å². The summed E-state index contributed by atoms with van der Waals surface area (Å²) in [7, 11) is 1.87. The van der Waals surface area contributed by atoms with Gasteiger partial charge in [0.15, 0.2) is 5.96 Å². The maximum atomic E-state index is 11.7. The van der Waals surface area contributed by atoms with E-state index in [-0.39, 0.29) is 11.3 Å². The molecule has 7 heteroatoms. The summed E-state index contributed by atoms with van der Waals surface area (Å²) in [6.07, 6.45) is 2.95. The van der Waals surface area contributed by atoms with E-state index in [1.54, 1.807) is 0 Å². The van der Waals surface area contributed by atoms with E-state index in [9.17, 15) is 4.79 Å². The zero-order valence-corrected chi connectivity index (χ0v) is 14.8. The molecule has 5 aliphatic rings. The van der Waals surface area contributed by atoms with Crippen molar-refractivity contribution in [2.45, 2.75) is 25.3 Å². The van der Waals surface area contributed by atoms with Gasteiger partial charge in [0.05, 0.1) is 0 Å². The molecule has 5 aliphatic heterocycles. The zero-order valence-electron chi connectivity index (χ0n) is 14.8. The van der Waals surface area contributed by atoms with Crippen LogP contribution in [0.1, 0.15) is 19.3 Å². The molecule has 2 atom stereocenters. The van der Waals surface area contributed by atoms with E-state index in [1.165, 1.54) is 32.7 Å². The van der Waals surface area contributed by atoms with Gasteiger partial charge in [0.1, 0.15) is 0 Å². The van der Waals surface area contributed by atoms with Gasteiger partial charge in [0, 0.05) is 83.8 Å². The molecular weight excluding hydrogens is 304 g/mol. The van der Waals surface area contributed by atoms with Gasteiger partial charge in [-0.05, 0) is 12.8 Å². The topological polar surface area (TPSA) is 63.2 Å². The van der Waals surface area contributed by atoms with E-state index < -0.39 is 0 Å². The molecule has 5 fully saturated rings. The number of carbonyl (C=O) groups excluding carboxylic acids is 1. The van der Waals surface area contributed by atoms with Crippen LogP contribution in [0.25, 0.3) is 0 Å². The maximum Gasteiger partial charge on any atom is 0.220 e.